The lowest BCUT2D eigenvalue weighted by atomic mass is 9.83. The van der Waals surface area contributed by atoms with Crippen molar-refractivity contribution in [2.75, 3.05) is 26.7 Å². The van der Waals surface area contributed by atoms with Gasteiger partial charge in [0.2, 0.25) is 5.91 Å². The highest BCUT2D eigenvalue weighted by Gasteiger charge is 2.34. The number of piperidine rings is 2. The van der Waals surface area contributed by atoms with Gasteiger partial charge in [0.25, 0.3) is 0 Å². The second-order valence-corrected chi connectivity index (χ2v) is 7.64. The zero-order valence-corrected chi connectivity index (χ0v) is 15.7. The highest BCUT2D eigenvalue weighted by molar-refractivity contribution is 5.78. The van der Waals surface area contributed by atoms with Crippen molar-refractivity contribution < 1.29 is 22.7 Å². The van der Waals surface area contributed by atoms with Gasteiger partial charge in [0.15, 0.2) is 0 Å². The third-order valence-corrected chi connectivity index (χ3v) is 5.68. The number of benzene rings is 1. The Morgan fingerprint density at radius 2 is 1.85 bits per heavy atom. The number of hydrogen-bond acceptors (Lipinski definition) is 3. The molecule has 7 heteroatoms. The highest BCUT2D eigenvalue weighted by atomic mass is 19.4. The Labute approximate surface area is 158 Å². The van der Waals surface area contributed by atoms with E-state index in [0.29, 0.717) is 17.5 Å². The van der Waals surface area contributed by atoms with E-state index < -0.39 is 6.36 Å². The fourth-order valence-electron chi connectivity index (χ4n) is 4.36. The van der Waals surface area contributed by atoms with E-state index in [1.807, 2.05) is 7.05 Å². The standard InChI is InChI=1S/C20H27F3N2O2/c1-24(14-16-5-4-12-25-11-3-2-6-18(16)25)19(26)13-15-7-9-17(10-8-15)27-20(21,22)23/h7-10,16,18H,2-6,11-14H2,1H3/t16-,18+/m0/s1. The molecule has 2 aliphatic rings. The molecule has 0 bridgehead atoms. The van der Waals surface area contributed by atoms with Crippen LogP contribution in [0.15, 0.2) is 24.3 Å². The largest absolute Gasteiger partial charge is 0.573 e. The van der Waals surface area contributed by atoms with Crippen LogP contribution < -0.4 is 4.74 Å². The third kappa shape index (κ3) is 5.61. The number of ether oxygens (including phenoxy) is 1. The number of likely N-dealkylation sites (N-methyl/N-ethyl adjacent to an activating group) is 1. The van der Waals surface area contributed by atoms with Crippen LogP contribution in [0, 0.1) is 5.92 Å². The van der Waals surface area contributed by atoms with E-state index in [-0.39, 0.29) is 18.1 Å². The van der Waals surface area contributed by atoms with E-state index in [4.69, 9.17) is 0 Å². The number of amides is 1. The molecule has 0 N–H and O–H groups in total. The van der Waals surface area contributed by atoms with Gasteiger partial charge in [-0.2, -0.15) is 0 Å². The minimum absolute atomic E-state index is 0.00702. The average Bonchev–Trinajstić information content (AvgIpc) is 2.62. The molecule has 2 heterocycles. The number of fused-ring (bicyclic) bond motifs is 1. The fraction of sp³-hybridized carbons (Fsp3) is 0.650. The van der Waals surface area contributed by atoms with Gasteiger partial charge in [-0.25, -0.2) is 0 Å². The molecule has 2 atom stereocenters. The zero-order chi connectivity index (χ0) is 19.4. The van der Waals surface area contributed by atoms with E-state index in [1.165, 1.54) is 63.0 Å². The lowest BCUT2D eigenvalue weighted by Gasteiger charge is -2.45. The molecule has 0 aliphatic carbocycles. The molecule has 150 valence electrons. The summed E-state index contributed by atoms with van der Waals surface area (Å²) < 4.78 is 40.5. The SMILES string of the molecule is CN(C[C@@H]1CCCN2CCCC[C@H]12)C(=O)Cc1ccc(OC(F)(F)F)cc1. The number of rotatable bonds is 5. The maximum atomic E-state index is 12.6. The van der Waals surface area contributed by atoms with Crippen molar-refractivity contribution in [2.45, 2.75) is 50.9 Å². The normalized spacial score (nSPS) is 23.6. The summed E-state index contributed by atoms with van der Waals surface area (Å²) in [5.74, 6) is 0.231. The van der Waals surface area contributed by atoms with Gasteiger partial charge < -0.3 is 14.5 Å². The van der Waals surface area contributed by atoms with Crippen molar-refractivity contribution in [2.24, 2.45) is 5.92 Å². The molecule has 0 saturated carbocycles. The first kappa shape index (κ1) is 20.0. The monoisotopic (exact) mass is 384 g/mol. The fourth-order valence-corrected chi connectivity index (χ4v) is 4.36. The van der Waals surface area contributed by atoms with E-state index in [1.54, 1.807) is 4.90 Å². The molecule has 4 nitrogen and oxygen atoms in total. The molecule has 0 unspecified atom stereocenters. The number of carbonyl (C=O) groups excluding carboxylic acids is 1. The molecule has 1 amide bonds. The van der Waals surface area contributed by atoms with E-state index in [9.17, 15) is 18.0 Å². The number of carbonyl (C=O) groups is 1. The molecule has 1 aromatic carbocycles. The van der Waals surface area contributed by atoms with Gasteiger partial charge in [0.1, 0.15) is 5.75 Å². The van der Waals surface area contributed by atoms with E-state index in [0.717, 1.165) is 13.0 Å². The second-order valence-electron chi connectivity index (χ2n) is 7.64. The maximum Gasteiger partial charge on any atom is 0.573 e. The Bertz CT molecular complexity index is 631. The smallest absolute Gasteiger partial charge is 0.406 e. The van der Waals surface area contributed by atoms with E-state index in [2.05, 4.69) is 9.64 Å². The predicted octanol–water partition coefficient (Wildman–Crippen LogP) is 3.85. The van der Waals surface area contributed by atoms with Crippen LogP contribution in [0.2, 0.25) is 0 Å². The maximum absolute atomic E-state index is 12.6. The predicted molar refractivity (Wildman–Crippen MR) is 96.4 cm³/mol. The first-order valence-corrected chi connectivity index (χ1v) is 9.64. The van der Waals surface area contributed by atoms with Crippen molar-refractivity contribution in [3.63, 3.8) is 0 Å². The van der Waals surface area contributed by atoms with Gasteiger partial charge in [-0.15, -0.1) is 13.2 Å². The van der Waals surface area contributed by atoms with Crippen LogP contribution in [-0.2, 0) is 11.2 Å². The second kappa shape index (κ2) is 8.50. The summed E-state index contributed by atoms with van der Waals surface area (Å²) in [6, 6.07) is 6.10. The van der Waals surface area contributed by atoms with Gasteiger partial charge in [-0.05, 0) is 62.4 Å². The zero-order valence-electron chi connectivity index (χ0n) is 15.7. The van der Waals surface area contributed by atoms with Gasteiger partial charge >= 0.3 is 6.36 Å². The summed E-state index contributed by atoms with van der Waals surface area (Å²) in [5, 5.41) is 0. The van der Waals surface area contributed by atoms with Crippen LogP contribution in [0.25, 0.3) is 0 Å². The van der Waals surface area contributed by atoms with Crippen LogP contribution in [0.3, 0.4) is 0 Å². The lowest BCUT2D eigenvalue weighted by molar-refractivity contribution is -0.274. The summed E-state index contributed by atoms with van der Waals surface area (Å²) in [6.45, 7) is 3.09. The quantitative estimate of drug-likeness (QED) is 0.773. The van der Waals surface area contributed by atoms with Gasteiger partial charge in [-0.1, -0.05) is 18.6 Å². The summed E-state index contributed by atoms with van der Waals surface area (Å²) in [4.78, 5) is 16.9. The Morgan fingerprint density at radius 3 is 2.56 bits per heavy atom. The lowest BCUT2D eigenvalue weighted by Crippen LogP contribution is -2.51. The van der Waals surface area contributed by atoms with Crippen LogP contribution in [0.5, 0.6) is 5.75 Å². The Hall–Kier alpha value is -1.76. The van der Waals surface area contributed by atoms with Gasteiger partial charge in [0, 0.05) is 19.6 Å². The molecular formula is C20H27F3N2O2. The molecule has 2 saturated heterocycles. The van der Waals surface area contributed by atoms with Crippen molar-refractivity contribution in [3.05, 3.63) is 29.8 Å². The number of alkyl halides is 3. The summed E-state index contributed by atoms with van der Waals surface area (Å²) in [7, 11) is 1.82. The van der Waals surface area contributed by atoms with Gasteiger partial charge in [-0.3, -0.25) is 4.79 Å². The summed E-state index contributed by atoms with van der Waals surface area (Å²) in [6.07, 6.45) is 1.57. The molecule has 3 rings (SSSR count). The third-order valence-electron chi connectivity index (χ3n) is 5.68. The summed E-state index contributed by atoms with van der Waals surface area (Å²) in [5.41, 5.74) is 0.685. The van der Waals surface area contributed by atoms with Crippen LogP contribution >= 0.6 is 0 Å². The Kier molecular flexibility index (Phi) is 6.29. The van der Waals surface area contributed by atoms with Crippen LogP contribution in [0.4, 0.5) is 13.2 Å². The Balaban J connectivity index is 1.53. The Morgan fingerprint density at radius 1 is 1.15 bits per heavy atom. The molecule has 2 aliphatic heterocycles. The first-order valence-electron chi connectivity index (χ1n) is 9.64. The van der Waals surface area contributed by atoms with Gasteiger partial charge in [0.05, 0.1) is 6.42 Å². The summed E-state index contributed by atoms with van der Waals surface area (Å²) >= 11 is 0. The minimum atomic E-state index is -4.70. The number of nitrogens with zero attached hydrogens (tertiary/aromatic N) is 2. The molecule has 0 radical (unpaired) electrons. The average molecular weight is 384 g/mol. The van der Waals surface area contributed by atoms with Crippen molar-refractivity contribution in [3.8, 4) is 5.75 Å². The van der Waals surface area contributed by atoms with Crippen molar-refractivity contribution in [1.29, 1.82) is 0 Å². The van der Waals surface area contributed by atoms with E-state index >= 15 is 0 Å². The minimum Gasteiger partial charge on any atom is -0.406 e. The molecule has 1 aromatic rings. The molecule has 0 aromatic heterocycles. The molecule has 27 heavy (non-hydrogen) atoms. The molecule has 0 spiro atoms. The van der Waals surface area contributed by atoms with Crippen LogP contribution in [-0.4, -0.2) is 54.8 Å². The van der Waals surface area contributed by atoms with Crippen molar-refractivity contribution >= 4 is 5.91 Å². The number of hydrogen-bond donors (Lipinski definition) is 0. The molecular weight excluding hydrogens is 357 g/mol. The number of halogens is 3. The van der Waals surface area contributed by atoms with Crippen molar-refractivity contribution in [1.82, 2.24) is 9.80 Å². The first-order chi connectivity index (χ1) is 12.8. The topological polar surface area (TPSA) is 32.8 Å². The molecule has 2 fully saturated rings. The van der Waals surface area contributed by atoms with Crippen LogP contribution in [0.1, 0.15) is 37.7 Å². The highest BCUT2D eigenvalue weighted by Crippen LogP contribution is 2.31.